The number of oxime groups is 5. The van der Waals surface area contributed by atoms with Gasteiger partial charge in [-0.3, -0.25) is 38.0 Å². The Morgan fingerprint density at radius 3 is 0.844 bits per heavy atom. The van der Waals surface area contributed by atoms with Gasteiger partial charge in [-0.05, 0) is 170 Å². The lowest BCUT2D eigenvalue weighted by Gasteiger charge is -2.27. The maximum atomic E-state index is 12.3. The van der Waals surface area contributed by atoms with Gasteiger partial charge >= 0.3 is 23.9 Å². The van der Waals surface area contributed by atoms with Crippen LogP contribution in [0.2, 0.25) is 0 Å². The number of halogens is 3. The van der Waals surface area contributed by atoms with E-state index < -0.39 is 133 Å². The molecule has 10 rings (SSSR count). The predicted octanol–water partition coefficient (Wildman–Crippen LogP) is 10.1. The fourth-order valence-electron chi connectivity index (χ4n) is 13.9. The third kappa shape index (κ3) is 33.1. The number of aliphatic hydroxyl groups excluding tert-OH is 3. The molecule has 744 valence electrons. The topological polar surface area (TPSA) is 494 Å². The zero-order chi connectivity index (χ0) is 101. The van der Waals surface area contributed by atoms with E-state index >= 15 is 0 Å². The number of aliphatic hydroxyl groups is 3. The van der Waals surface area contributed by atoms with Gasteiger partial charge in [-0.15, -0.1) is 6.42 Å². The monoisotopic (exact) mass is 2050 g/mol. The van der Waals surface area contributed by atoms with E-state index in [1.165, 1.54) is 40.1 Å². The Labute approximate surface area is 798 Å². The molecule has 0 saturated heterocycles. The van der Waals surface area contributed by atoms with Gasteiger partial charge in [0.25, 0.3) is 5.91 Å². The summed E-state index contributed by atoms with van der Waals surface area (Å²) in [6, 6.07) is 37.7. The van der Waals surface area contributed by atoms with Crippen LogP contribution in [-0.2, 0) is 136 Å². The number of terminal acetylenes is 1. The predicted molar refractivity (Wildman–Crippen MR) is 510 cm³/mol. The third-order valence-corrected chi connectivity index (χ3v) is 33.1. The molecule has 0 aromatic heterocycles. The quantitative estimate of drug-likeness (QED) is 0.00806. The Hall–Kier alpha value is -10.2. The number of ether oxygens (including phenoxy) is 4. The van der Waals surface area contributed by atoms with E-state index in [-0.39, 0.29) is 91.7 Å². The molecular weight excluding hydrogens is 1930 g/mol. The molecule has 0 unspecified atom stereocenters. The van der Waals surface area contributed by atoms with Crippen molar-refractivity contribution in [2.45, 2.75) is 219 Å². The molecule has 0 radical (unpaired) electrons. The highest BCUT2D eigenvalue weighted by atomic mass is 79.9. The number of esters is 4. The summed E-state index contributed by atoms with van der Waals surface area (Å²) in [5, 5.41) is 54.4. The Morgan fingerprint density at radius 1 is 0.407 bits per heavy atom. The number of hydrogen-bond donors (Lipinski definition) is 5. The maximum absolute atomic E-state index is 12.3. The fraction of sp³-hybridized carbons (Fsp3) is 0.527. The second-order valence-corrected chi connectivity index (χ2v) is 46.3. The number of sulfone groups is 5. The first-order valence-corrected chi connectivity index (χ1v) is 53.4. The molecule has 0 aliphatic carbocycles. The molecule has 0 bridgehead atoms. The molecule has 34 nitrogen and oxygen atoms in total. The van der Waals surface area contributed by atoms with Crippen molar-refractivity contribution in [3.8, 4) is 24.2 Å². The third-order valence-electron chi connectivity index (χ3n) is 22.7. The minimum atomic E-state index is -3.79. The summed E-state index contributed by atoms with van der Waals surface area (Å²) in [4.78, 5) is 87.7. The zero-order valence-corrected chi connectivity index (χ0v) is 83.9. The molecule has 5 aromatic rings. The highest BCUT2D eigenvalue weighted by Crippen LogP contribution is 2.37. The number of nitrogens with zero attached hydrogens (tertiary/aromatic N) is 5. The van der Waals surface area contributed by atoms with Crippen LogP contribution in [0.3, 0.4) is 0 Å². The van der Waals surface area contributed by atoms with E-state index in [1.54, 1.807) is 39.8 Å². The van der Waals surface area contributed by atoms with Gasteiger partial charge in [0, 0.05) is 112 Å². The maximum Gasteiger partial charge on any atom is 0.327 e. The molecule has 42 heteroatoms. The average Bonchev–Trinajstić information content (AvgIpc) is 1.79. The van der Waals surface area contributed by atoms with E-state index in [0.29, 0.717) is 87.1 Å². The van der Waals surface area contributed by atoms with Crippen LogP contribution in [0.4, 0.5) is 8.78 Å². The number of amides is 1. The highest BCUT2D eigenvalue weighted by molar-refractivity contribution is 9.10. The van der Waals surface area contributed by atoms with Gasteiger partial charge < -0.3 is 58.5 Å². The fourth-order valence-corrected chi connectivity index (χ4v) is 18.4. The Balaban J connectivity index is 0.000000295. The second-order valence-electron chi connectivity index (χ2n) is 33.1. The van der Waals surface area contributed by atoms with Crippen LogP contribution in [0.15, 0.2) is 152 Å². The van der Waals surface area contributed by atoms with Crippen LogP contribution >= 0.6 is 15.9 Å². The summed E-state index contributed by atoms with van der Waals surface area (Å²) in [6.07, 6.45) is 12.4. The Morgan fingerprint density at radius 2 is 0.637 bits per heavy atom. The van der Waals surface area contributed by atoms with E-state index in [4.69, 9.17) is 63.7 Å². The molecule has 135 heavy (non-hydrogen) atoms. The van der Waals surface area contributed by atoms with Crippen molar-refractivity contribution in [3.05, 3.63) is 176 Å². The first kappa shape index (κ1) is 115. The number of alkyl halides is 2. The van der Waals surface area contributed by atoms with Crippen molar-refractivity contribution in [2.75, 3.05) is 90.9 Å². The summed E-state index contributed by atoms with van der Waals surface area (Å²) in [7, 11) is -18.6. The van der Waals surface area contributed by atoms with Gasteiger partial charge in [-0.2, -0.15) is 0 Å². The minimum Gasteiger partial charge on any atom is -0.465 e. The average molecular weight is 2050 g/mol. The Bertz CT molecular complexity index is 5570. The summed E-state index contributed by atoms with van der Waals surface area (Å²) < 4.78 is 158. The van der Waals surface area contributed by atoms with Crippen molar-refractivity contribution in [3.63, 3.8) is 0 Å². The van der Waals surface area contributed by atoms with E-state index in [2.05, 4.69) is 60.0 Å². The molecular formula is C93H123BrF2N6O28S5. The molecule has 5 aliphatic rings. The number of hydroxylamine groups is 1. The van der Waals surface area contributed by atoms with Crippen molar-refractivity contribution >= 4 is 123 Å². The van der Waals surface area contributed by atoms with E-state index in [9.17, 15) is 74.8 Å². The lowest BCUT2D eigenvalue weighted by atomic mass is 9.96. The SMILES string of the molecule is C#CCO.CCOC(=O)[C@@](C)(C[C@H]1CC(c2ccc(Br)cc2)=NO1)S(C)(=O)=O.CCOC(=O)[C@@](C)(C[C@H]1CC(c2ccc(C#CCO)cc2)=NO1)S(C)(=O)=O.CCOC(=O)[C@@](C)(C[C@H]1CC(c2ccc(CCCF)cc2)=NO1)S(C)(=O)=O.CCOC(=O)[C@@](C)(C[C@H]1CC(c2ccc(CCCO)cc2)=NO1)S(C)(=O)=O.C[C@@](C[C@H]1CC(c2ccc(CCCF)cc2)=NO1)(C(=O)NO)S(C)(=O)=O. The van der Waals surface area contributed by atoms with Crippen molar-refractivity contribution in [1.29, 1.82) is 0 Å². The van der Waals surface area contributed by atoms with Crippen LogP contribution in [0, 0.1) is 24.2 Å². The summed E-state index contributed by atoms with van der Waals surface area (Å²) >= 11 is 3.37. The number of rotatable bonds is 38. The summed E-state index contributed by atoms with van der Waals surface area (Å²) in [6.45, 7) is 12.8. The Kier molecular flexibility index (Phi) is 45.3. The smallest absolute Gasteiger partial charge is 0.327 e. The first-order chi connectivity index (χ1) is 63.4. The van der Waals surface area contributed by atoms with E-state index in [0.717, 1.165) is 98.0 Å². The number of carbonyl (C=O) groups is 5. The number of benzene rings is 5. The standard InChI is InChI=1S/C19H26FNO5S.C19H27NO6S.C19H23NO6S.C17H23FN2O5S.C16H20BrNO5S.C3H4O/c1-4-25-18(22)19(2,27(3,23)24)13-16-12-17(21-26-16)15-9-7-14(8-10-15)6-5-11-20;2*1-4-25-18(22)19(2,27(3,23)24)13-16-12-17(20-26-16)15-9-7-14(8-10-15)6-5-11-21;1-17(16(21)19-22,26(2,23)24)11-14-10-15(20-25-14)13-7-5-12(6-8-13)4-3-9-18;1-4-22-15(19)16(2,24(3,20)21)10-13-9-14(18-23-13)11-5-7-12(17)8-6-11;1-2-3-4/h7-10,16H,4-6,11-13H2,1-3H3;7-10,16,21H,4-6,11-13H2,1-3H3;7-10,16,21H,4,11-13H2,1-3H3;5-8,14,22H,3-4,9-11H2,1-2H3,(H,19,21);5-8,13H,4,9-10H2,1-3H3;1,4H,3H2/t3*16-,19-;14-,17-;13-,16-;/m11111./s1. The molecule has 0 spiro atoms. The second kappa shape index (κ2) is 53.0. The van der Waals surface area contributed by atoms with Crippen LogP contribution in [0.25, 0.3) is 0 Å². The summed E-state index contributed by atoms with van der Waals surface area (Å²) in [5.74, 6) is 3.28. The number of hydrogen-bond acceptors (Lipinski definition) is 33. The van der Waals surface area contributed by atoms with Crippen molar-refractivity contribution in [1.82, 2.24) is 5.48 Å². The van der Waals surface area contributed by atoms with Gasteiger partial charge in [-0.25, -0.2) is 47.6 Å². The minimum absolute atomic E-state index is 0.00576. The van der Waals surface area contributed by atoms with Gasteiger partial charge in [0.15, 0.2) is 72.9 Å². The van der Waals surface area contributed by atoms with Gasteiger partial charge in [0.05, 0.1) is 68.3 Å². The lowest BCUT2D eigenvalue weighted by Crippen LogP contribution is -2.51. The van der Waals surface area contributed by atoms with Crippen LogP contribution in [-0.4, -0.2) is 266 Å². The lowest BCUT2D eigenvalue weighted by molar-refractivity contribution is -0.147. The highest BCUT2D eigenvalue weighted by Gasteiger charge is 2.53. The normalized spacial score (nSPS) is 18.8. The zero-order valence-electron chi connectivity index (χ0n) is 78.2. The molecule has 5 aliphatic heterocycles. The first-order valence-electron chi connectivity index (χ1n) is 43.2. The largest absolute Gasteiger partial charge is 0.465 e. The number of nitrogens with one attached hydrogen (secondary N) is 1. The molecule has 10 atom stereocenters. The molecule has 0 saturated carbocycles. The molecule has 5 N–H and O–H groups in total. The summed E-state index contributed by atoms with van der Waals surface area (Å²) in [5.41, 5.74) is 13.1. The molecule has 5 aromatic carbocycles. The van der Waals surface area contributed by atoms with E-state index in [1.807, 2.05) is 115 Å². The number of carbonyl (C=O) groups excluding carboxylic acids is 5. The van der Waals surface area contributed by atoms with Gasteiger partial charge in [-0.1, -0.05) is 157 Å². The van der Waals surface area contributed by atoms with Gasteiger partial charge in [0.2, 0.25) is 0 Å². The van der Waals surface area contributed by atoms with Crippen molar-refractivity contribution < 1.29 is 139 Å². The van der Waals surface area contributed by atoms with Gasteiger partial charge in [0.1, 0.15) is 43.7 Å². The number of aryl methyl sites for hydroxylation is 3. The molecule has 5 heterocycles. The van der Waals surface area contributed by atoms with Crippen molar-refractivity contribution in [2.24, 2.45) is 25.8 Å². The van der Waals surface area contributed by atoms with Crippen LogP contribution in [0.1, 0.15) is 196 Å². The van der Waals surface area contributed by atoms with Crippen LogP contribution < -0.4 is 5.48 Å². The molecule has 0 fully saturated rings. The van der Waals surface area contributed by atoms with Crippen LogP contribution in [0.5, 0.6) is 0 Å². The molecule has 1 amide bonds.